The summed E-state index contributed by atoms with van der Waals surface area (Å²) in [7, 11) is 2.12. The molecule has 24 heavy (non-hydrogen) atoms. The smallest absolute Gasteiger partial charge is 0.249 e. The molecule has 4 nitrogen and oxygen atoms in total. The van der Waals surface area contributed by atoms with Crippen LogP contribution in [0.2, 0.25) is 0 Å². The third-order valence-electron chi connectivity index (χ3n) is 5.38. The van der Waals surface area contributed by atoms with Crippen LogP contribution in [0.15, 0.2) is 16.7 Å². The summed E-state index contributed by atoms with van der Waals surface area (Å²) in [6, 6.07) is 1.95. The maximum absolute atomic E-state index is 13.2. The third-order valence-corrected chi connectivity index (χ3v) is 5.81. The molecule has 0 bridgehead atoms. The zero-order chi connectivity index (χ0) is 16.9. The summed E-state index contributed by atoms with van der Waals surface area (Å²) in [6.45, 7) is 3.37. The molecule has 1 saturated carbocycles. The van der Waals surface area contributed by atoms with E-state index in [0.29, 0.717) is 13.1 Å². The molecule has 0 atom stereocenters. The molecule has 1 aromatic heterocycles. The van der Waals surface area contributed by atoms with E-state index in [1.807, 2.05) is 6.07 Å². The summed E-state index contributed by atoms with van der Waals surface area (Å²) in [5.74, 6) is -0.912. The van der Waals surface area contributed by atoms with Gasteiger partial charge in [-0.05, 0) is 41.9 Å². The van der Waals surface area contributed by atoms with Gasteiger partial charge in [-0.1, -0.05) is 0 Å². The quantitative estimate of drug-likeness (QED) is 0.773. The largest absolute Gasteiger partial charge is 0.486 e. The van der Waals surface area contributed by atoms with Crippen molar-refractivity contribution in [3.63, 3.8) is 0 Å². The third kappa shape index (κ3) is 3.12. The van der Waals surface area contributed by atoms with Gasteiger partial charge in [0.1, 0.15) is 6.10 Å². The van der Waals surface area contributed by atoms with Crippen molar-refractivity contribution in [3.05, 3.63) is 16.7 Å². The lowest BCUT2D eigenvalue weighted by Crippen LogP contribution is -2.66. The highest BCUT2D eigenvalue weighted by molar-refractivity contribution is 9.10. The Balaban J connectivity index is 1.44. The van der Waals surface area contributed by atoms with Crippen LogP contribution in [-0.2, 0) is 0 Å². The summed E-state index contributed by atoms with van der Waals surface area (Å²) >= 11 is 3.45. The van der Waals surface area contributed by atoms with Crippen LogP contribution in [0.4, 0.5) is 14.6 Å². The van der Waals surface area contributed by atoms with Crippen molar-refractivity contribution in [2.75, 3.05) is 38.1 Å². The topological polar surface area (TPSA) is 28.6 Å². The lowest BCUT2D eigenvalue weighted by Gasteiger charge is -2.59. The van der Waals surface area contributed by atoms with Crippen LogP contribution in [0.1, 0.15) is 25.7 Å². The highest BCUT2D eigenvalue weighted by atomic mass is 79.9. The van der Waals surface area contributed by atoms with E-state index >= 15 is 0 Å². The summed E-state index contributed by atoms with van der Waals surface area (Å²) in [5, 5.41) is 0. The fourth-order valence-electron chi connectivity index (χ4n) is 4.20. The molecule has 3 fully saturated rings. The van der Waals surface area contributed by atoms with Crippen molar-refractivity contribution >= 4 is 21.7 Å². The monoisotopic (exact) mass is 401 g/mol. The first-order valence-electron chi connectivity index (χ1n) is 8.48. The fraction of sp³-hybridized carbons (Fsp3) is 0.706. The number of rotatable bonds is 3. The Kier molecular flexibility index (Phi) is 3.99. The van der Waals surface area contributed by atoms with E-state index in [1.165, 1.54) is 0 Å². The van der Waals surface area contributed by atoms with Crippen molar-refractivity contribution in [1.82, 2.24) is 9.88 Å². The van der Waals surface area contributed by atoms with E-state index in [9.17, 15) is 8.78 Å². The molecular weight excluding hydrogens is 380 g/mol. The van der Waals surface area contributed by atoms with Gasteiger partial charge in [0.15, 0.2) is 11.6 Å². The van der Waals surface area contributed by atoms with Crippen LogP contribution in [0.5, 0.6) is 5.75 Å². The number of ether oxygens (including phenoxy) is 1. The second-order valence-corrected chi connectivity index (χ2v) is 8.58. The van der Waals surface area contributed by atoms with E-state index in [0.717, 1.165) is 42.0 Å². The van der Waals surface area contributed by atoms with E-state index < -0.39 is 5.92 Å². The molecule has 2 aliphatic heterocycles. The zero-order valence-corrected chi connectivity index (χ0v) is 15.4. The van der Waals surface area contributed by atoms with E-state index in [1.54, 1.807) is 6.20 Å². The predicted octanol–water partition coefficient (Wildman–Crippen LogP) is 3.55. The minimum Gasteiger partial charge on any atom is -0.486 e. The first-order valence-corrected chi connectivity index (χ1v) is 9.27. The number of likely N-dealkylation sites (tertiary alicyclic amines) is 1. The maximum Gasteiger partial charge on any atom is 0.249 e. The highest BCUT2D eigenvalue weighted by Crippen LogP contribution is 2.57. The number of aromatic nitrogens is 1. The molecular formula is C17H22BrF2N3O. The molecule has 2 saturated heterocycles. The van der Waals surface area contributed by atoms with E-state index in [-0.39, 0.29) is 24.4 Å². The minimum absolute atomic E-state index is 0.0121. The Morgan fingerprint density at radius 2 is 1.92 bits per heavy atom. The Hall–Kier alpha value is -0.950. The Bertz CT molecular complexity index is 618. The van der Waals surface area contributed by atoms with Gasteiger partial charge in [-0.2, -0.15) is 0 Å². The molecule has 1 aliphatic carbocycles. The maximum atomic E-state index is 13.2. The molecule has 0 N–H and O–H groups in total. The number of nitrogens with zero attached hydrogens (tertiary/aromatic N) is 3. The minimum atomic E-state index is -2.47. The molecule has 0 amide bonds. The molecule has 132 valence electrons. The van der Waals surface area contributed by atoms with Crippen LogP contribution >= 0.6 is 15.9 Å². The normalized spacial score (nSPS) is 26.1. The molecule has 0 radical (unpaired) electrons. The average molecular weight is 402 g/mol. The van der Waals surface area contributed by atoms with Gasteiger partial charge in [-0.3, -0.25) is 0 Å². The van der Waals surface area contributed by atoms with Crippen LogP contribution < -0.4 is 9.64 Å². The average Bonchev–Trinajstić information content (AvgIpc) is 2.45. The second-order valence-electron chi connectivity index (χ2n) is 7.66. The van der Waals surface area contributed by atoms with Gasteiger partial charge in [0.2, 0.25) is 5.92 Å². The number of piperidine rings is 1. The van der Waals surface area contributed by atoms with Crippen LogP contribution in [0.3, 0.4) is 0 Å². The Morgan fingerprint density at radius 3 is 2.54 bits per heavy atom. The summed E-state index contributed by atoms with van der Waals surface area (Å²) < 4.78 is 33.5. The summed E-state index contributed by atoms with van der Waals surface area (Å²) in [6.07, 6.45) is 3.96. The SMILES string of the molecule is CN1CCC(Oc2cc(Br)cnc2N2CC3(C2)CC(F)(F)C3)CC1. The summed E-state index contributed by atoms with van der Waals surface area (Å²) in [5.41, 5.74) is -0.205. The number of halogens is 3. The van der Waals surface area contributed by atoms with Gasteiger partial charge < -0.3 is 14.5 Å². The van der Waals surface area contributed by atoms with Gasteiger partial charge in [0, 0.05) is 55.1 Å². The van der Waals surface area contributed by atoms with Crippen LogP contribution in [-0.4, -0.2) is 55.1 Å². The molecule has 3 heterocycles. The number of anilines is 1. The Morgan fingerprint density at radius 1 is 1.25 bits per heavy atom. The number of hydrogen-bond acceptors (Lipinski definition) is 4. The molecule has 3 aliphatic rings. The first-order chi connectivity index (χ1) is 11.3. The molecule has 4 rings (SSSR count). The van der Waals surface area contributed by atoms with Gasteiger partial charge in [-0.25, -0.2) is 13.8 Å². The Labute approximate surface area is 149 Å². The van der Waals surface area contributed by atoms with E-state index in [4.69, 9.17) is 4.74 Å². The number of hydrogen-bond donors (Lipinski definition) is 0. The molecule has 0 aromatic carbocycles. The van der Waals surface area contributed by atoms with Gasteiger partial charge in [0.25, 0.3) is 0 Å². The standard InChI is InChI=1S/C17H22BrF2N3O/c1-22-4-2-13(3-5-22)24-14-6-12(18)7-21-15(14)23-10-16(11-23)8-17(19,20)9-16/h6-7,13H,2-5,8-11H2,1H3. The summed E-state index contributed by atoms with van der Waals surface area (Å²) in [4.78, 5) is 8.87. The van der Waals surface area contributed by atoms with Crippen molar-refractivity contribution in [1.29, 1.82) is 0 Å². The first kappa shape index (κ1) is 16.5. The lowest BCUT2D eigenvalue weighted by atomic mass is 9.61. The zero-order valence-electron chi connectivity index (χ0n) is 13.8. The molecule has 0 unspecified atom stereocenters. The number of pyridine rings is 1. The van der Waals surface area contributed by atoms with Crippen LogP contribution in [0, 0.1) is 5.41 Å². The molecule has 7 heteroatoms. The van der Waals surface area contributed by atoms with Gasteiger partial charge in [0.05, 0.1) is 0 Å². The van der Waals surface area contributed by atoms with Gasteiger partial charge in [-0.15, -0.1) is 0 Å². The van der Waals surface area contributed by atoms with Crippen molar-refractivity contribution in [2.24, 2.45) is 5.41 Å². The van der Waals surface area contributed by atoms with Crippen molar-refractivity contribution in [3.8, 4) is 5.75 Å². The fourth-order valence-corrected chi connectivity index (χ4v) is 4.51. The highest BCUT2D eigenvalue weighted by Gasteiger charge is 2.62. The van der Waals surface area contributed by atoms with Crippen molar-refractivity contribution in [2.45, 2.75) is 37.7 Å². The van der Waals surface area contributed by atoms with Crippen LogP contribution in [0.25, 0.3) is 0 Å². The number of alkyl halides is 2. The van der Waals surface area contributed by atoms with Crippen molar-refractivity contribution < 1.29 is 13.5 Å². The lowest BCUT2D eigenvalue weighted by molar-refractivity contribution is -0.170. The van der Waals surface area contributed by atoms with Gasteiger partial charge >= 0.3 is 0 Å². The molecule has 1 spiro atoms. The van der Waals surface area contributed by atoms with E-state index in [2.05, 4.69) is 37.8 Å². The predicted molar refractivity (Wildman–Crippen MR) is 91.9 cm³/mol. The molecule has 1 aromatic rings. The second kappa shape index (κ2) is 5.80.